The molecule has 2 heterocycles. The number of carbonyl (C=O) groups is 2. The molecule has 0 fully saturated rings. The molecule has 0 bridgehead atoms. The van der Waals surface area contributed by atoms with Gasteiger partial charge in [0.2, 0.25) is 5.65 Å². The number of sulfone groups is 1. The topological polar surface area (TPSA) is 204 Å². The molecule has 2 aromatic heterocycles. The first kappa shape index (κ1) is 49.6. The number of hydrogen-bond donors (Lipinski definition) is 2. The number of azo groups is 1. The zero-order valence-electron chi connectivity index (χ0n) is 38.0. The van der Waals surface area contributed by atoms with Crippen molar-refractivity contribution in [3.8, 4) is 17.1 Å². The number of unbranched alkanes of at least 4 members (excludes halogenated alkanes) is 12. The van der Waals surface area contributed by atoms with Crippen molar-refractivity contribution in [2.75, 3.05) is 19.5 Å². The number of aromatic amines is 1. The maximum atomic E-state index is 13.9. The first-order valence-corrected chi connectivity index (χ1v) is 25.7. The van der Waals surface area contributed by atoms with Crippen molar-refractivity contribution < 1.29 is 35.9 Å². The summed E-state index contributed by atoms with van der Waals surface area (Å²) in [6.07, 6.45) is 16.4. The highest BCUT2D eigenvalue weighted by Gasteiger charge is 2.29. The zero-order chi connectivity index (χ0) is 46.3. The van der Waals surface area contributed by atoms with E-state index in [1.807, 2.05) is 49.8 Å². The molecule has 0 saturated carbocycles. The maximum Gasteiger partial charge on any atom is 0.339 e. The summed E-state index contributed by atoms with van der Waals surface area (Å²) in [6, 6.07) is 16.5. The fraction of sp³-hybridized carbons (Fsp3) is 0.489. The molecule has 0 aliphatic rings. The number of fused-ring (bicyclic) bond motifs is 1. The van der Waals surface area contributed by atoms with Crippen LogP contribution in [0.1, 0.15) is 151 Å². The van der Waals surface area contributed by atoms with Crippen LogP contribution in [-0.2, 0) is 30.0 Å². The summed E-state index contributed by atoms with van der Waals surface area (Å²) < 4.78 is 68.1. The average molecular weight is 918 g/mol. The number of nitrogens with zero attached hydrogens (tertiary/aromatic N) is 5. The Morgan fingerprint density at radius 3 is 2.03 bits per heavy atom. The van der Waals surface area contributed by atoms with E-state index < -0.39 is 47.6 Å². The SMILES string of the molecule is CCCCCCCCCCOc1cccc(-c2nnc3c(N=Nc4ccc(S(C)(=O)=O)cc4C(=O)NS(=O)(=O)c4ccccc4C(=O)OCCCCCCCC)c(C(C)(C)C)[nH]n23)c1. The fourth-order valence-electron chi connectivity index (χ4n) is 7.12. The normalized spacial score (nSPS) is 12.3. The monoisotopic (exact) mass is 917 g/mol. The minimum atomic E-state index is -4.70. The molecule has 15 nitrogen and oxygen atoms in total. The molecule has 5 aromatic rings. The average Bonchev–Trinajstić information content (AvgIpc) is 3.84. The van der Waals surface area contributed by atoms with Gasteiger partial charge in [-0.05, 0) is 55.3 Å². The second kappa shape index (κ2) is 23.0. The number of carbonyl (C=O) groups excluding carboxylic acids is 2. The van der Waals surface area contributed by atoms with Crippen molar-refractivity contribution in [1.82, 2.24) is 24.5 Å². The standard InChI is InChI=1S/C47H63N7O8S2/c1-7-9-11-13-15-16-18-21-30-61-35-25-23-24-34(32-35)43-50-51-44-41(42(47(3,4)5)52-54(43)44)49-48-39-29-28-36(63(6,57)58)33-38(39)45(55)53-64(59,60)40-27-20-19-26-37(40)46(56)62-31-22-17-14-12-10-8-2/h19-20,23-29,32-33,52H,7-18,21-22,30-31H2,1-6H3,(H,53,55). The minimum Gasteiger partial charge on any atom is -0.494 e. The van der Waals surface area contributed by atoms with Gasteiger partial charge in [0.05, 0.1) is 40.6 Å². The van der Waals surface area contributed by atoms with Crippen molar-refractivity contribution in [2.45, 2.75) is 140 Å². The Labute approximate surface area is 377 Å². The van der Waals surface area contributed by atoms with Crippen LogP contribution < -0.4 is 9.46 Å². The predicted octanol–water partition coefficient (Wildman–Crippen LogP) is 11.0. The van der Waals surface area contributed by atoms with E-state index in [0.29, 0.717) is 41.6 Å². The molecule has 17 heteroatoms. The molecule has 0 aliphatic carbocycles. The van der Waals surface area contributed by atoms with Crippen LogP contribution in [0.25, 0.3) is 17.0 Å². The third-order valence-electron chi connectivity index (χ3n) is 10.7. The third-order valence-corrected chi connectivity index (χ3v) is 13.2. The number of nitrogens with one attached hydrogen (secondary N) is 2. The molecule has 64 heavy (non-hydrogen) atoms. The number of esters is 1. The van der Waals surface area contributed by atoms with E-state index in [2.05, 4.69) is 39.4 Å². The van der Waals surface area contributed by atoms with Crippen molar-refractivity contribution >= 4 is 48.8 Å². The first-order chi connectivity index (χ1) is 30.5. The fourth-order valence-corrected chi connectivity index (χ4v) is 8.93. The summed E-state index contributed by atoms with van der Waals surface area (Å²) in [5, 5.41) is 21.2. The van der Waals surface area contributed by atoms with E-state index in [1.165, 1.54) is 74.9 Å². The van der Waals surface area contributed by atoms with Gasteiger partial charge in [0.15, 0.2) is 21.3 Å². The molecule has 0 atom stereocenters. The van der Waals surface area contributed by atoms with Crippen LogP contribution in [0.4, 0.5) is 11.4 Å². The van der Waals surface area contributed by atoms with Crippen LogP contribution in [0.15, 0.2) is 86.7 Å². The minimum absolute atomic E-state index is 0.112. The van der Waals surface area contributed by atoms with Crippen LogP contribution in [-0.4, -0.2) is 68.0 Å². The Bertz CT molecular complexity index is 2610. The number of rotatable bonds is 25. The second-order valence-corrected chi connectivity index (χ2v) is 20.8. The molecule has 0 unspecified atom stereocenters. The number of H-pyrrole nitrogens is 1. The molecule has 346 valence electrons. The lowest BCUT2D eigenvalue weighted by atomic mass is 9.91. The van der Waals surface area contributed by atoms with E-state index in [4.69, 9.17) is 9.47 Å². The number of aromatic nitrogens is 4. The molecule has 0 aliphatic heterocycles. The predicted molar refractivity (Wildman–Crippen MR) is 248 cm³/mol. The van der Waals surface area contributed by atoms with E-state index in [0.717, 1.165) is 62.8 Å². The smallest absolute Gasteiger partial charge is 0.339 e. The van der Waals surface area contributed by atoms with Crippen LogP contribution in [0.2, 0.25) is 0 Å². The van der Waals surface area contributed by atoms with Gasteiger partial charge >= 0.3 is 5.97 Å². The van der Waals surface area contributed by atoms with Gasteiger partial charge < -0.3 is 9.47 Å². The molecule has 0 radical (unpaired) electrons. The summed E-state index contributed by atoms with van der Waals surface area (Å²) >= 11 is 0. The Kier molecular flexibility index (Phi) is 17.8. The van der Waals surface area contributed by atoms with Gasteiger partial charge in [-0.3, -0.25) is 9.89 Å². The molecule has 0 saturated heterocycles. The maximum absolute atomic E-state index is 13.9. The number of ether oxygens (including phenoxy) is 2. The van der Waals surface area contributed by atoms with Crippen molar-refractivity contribution in [2.24, 2.45) is 10.2 Å². The van der Waals surface area contributed by atoms with Crippen LogP contribution in [0.3, 0.4) is 0 Å². The Hall–Kier alpha value is -5.42. The largest absolute Gasteiger partial charge is 0.494 e. The first-order valence-electron chi connectivity index (χ1n) is 22.3. The van der Waals surface area contributed by atoms with Gasteiger partial charge in [-0.1, -0.05) is 136 Å². The summed E-state index contributed by atoms with van der Waals surface area (Å²) in [4.78, 5) is 26.3. The van der Waals surface area contributed by atoms with Gasteiger partial charge in [-0.15, -0.1) is 20.4 Å². The summed E-state index contributed by atoms with van der Waals surface area (Å²) in [6.45, 7) is 11.0. The zero-order valence-corrected chi connectivity index (χ0v) is 39.6. The van der Waals surface area contributed by atoms with Gasteiger partial charge in [0.1, 0.15) is 10.6 Å². The van der Waals surface area contributed by atoms with Crippen LogP contribution in [0.5, 0.6) is 5.75 Å². The van der Waals surface area contributed by atoms with E-state index >= 15 is 0 Å². The van der Waals surface area contributed by atoms with Crippen LogP contribution in [0, 0.1) is 0 Å². The molecule has 1 amide bonds. The van der Waals surface area contributed by atoms with Crippen LogP contribution >= 0.6 is 0 Å². The van der Waals surface area contributed by atoms with Crippen molar-refractivity contribution in [1.29, 1.82) is 0 Å². The molecular formula is C47H63N7O8S2. The van der Waals surface area contributed by atoms with E-state index in [1.54, 1.807) is 4.52 Å². The number of amides is 1. The molecule has 5 rings (SSSR count). The lowest BCUT2D eigenvalue weighted by Gasteiger charge is -2.16. The second-order valence-electron chi connectivity index (χ2n) is 17.1. The number of sulfonamides is 1. The quantitative estimate of drug-likeness (QED) is 0.0322. The van der Waals surface area contributed by atoms with Gasteiger partial charge in [-0.2, -0.15) is 0 Å². The third kappa shape index (κ3) is 13.5. The molecule has 2 N–H and O–H groups in total. The van der Waals surface area contributed by atoms with Gasteiger partial charge in [0, 0.05) is 17.2 Å². The van der Waals surface area contributed by atoms with Crippen molar-refractivity contribution in [3.63, 3.8) is 0 Å². The Morgan fingerprint density at radius 2 is 1.38 bits per heavy atom. The van der Waals surface area contributed by atoms with Gasteiger partial charge in [0.25, 0.3) is 15.9 Å². The summed E-state index contributed by atoms with van der Waals surface area (Å²) in [5.74, 6) is -0.847. The lowest BCUT2D eigenvalue weighted by Crippen LogP contribution is -2.32. The molecule has 3 aromatic carbocycles. The summed E-state index contributed by atoms with van der Waals surface area (Å²) in [5.41, 5.74) is 0.699. The van der Waals surface area contributed by atoms with Gasteiger partial charge in [-0.25, -0.2) is 30.9 Å². The van der Waals surface area contributed by atoms with E-state index in [-0.39, 0.29) is 22.8 Å². The van der Waals surface area contributed by atoms with E-state index in [9.17, 15) is 26.4 Å². The molecule has 0 spiro atoms. The highest BCUT2D eigenvalue weighted by atomic mass is 32.2. The Morgan fingerprint density at radius 1 is 0.734 bits per heavy atom. The number of hydrogen-bond acceptors (Lipinski definition) is 12. The highest BCUT2D eigenvalue weighted by Crippen LogP contribution is 2.37. The summed E-state index contributed by atoms with van der Waals surface area (Å²) in [7, 11) is -8.56. The lowest BCUT2D eigenvalue weighted by molar-refractivity contribution is 0.0492. The highest BCUT2D eigenvalue weighted by molar-refractivity contribution is 7.90. The number of benzene rings is 3. The van der Waals surface area contributed by atoms with Crippen molar-refractivity contribution in [3.05, 3.63) is 83.6 Å². The molecular weight excluding hydrogens is 855 g/mol. The Balaban J connectivity index is 1.39.